The van der Waals surface area contributed by atoms with E-state index >= 15 is 0 Å². The summed E-state index contributed by atoms with van der Waals surface area (Å²) in [7, 11) is 1.62. The molecule has 4 heterocycles. The van der Waals surface area contributed by atoms with Crippen molar-refractivity contribution in [2.45, 2.75) is 26.5 Å². The van der Waals surface area contributed by atoms with Crippen LogP contribution in [0.25, 0.3) is 17.2 Å². The highest BCUT2D eigenvalue weighted by Crippen LogP contribution is 2.27. The molecule has 0 bridgehead atoms. The van der Waals surface area contributed by atoms with E-state index in [0.717, 1.165) is 17.1 Å². The molecule has 144 valence electrons. The van der Waals surface area contributed by atoms with Gasteiger partial charge in [0.05, 0.1) is 12.3 Å². The second-order valence-corrected chi connectivity index (χ2v) is 6.60. The average Bonchev–Trinajstić information content (AvgIpc) is 3.36. The number of ether oxygens (including phenoxy) is 1. The van der Waals surface area contributed by atoms with Crippen LogP contribution in [0.5, 0.6) is 0 Å². The van der Waals surface area contributed by atoms with Crippen LogP contribution in [0.4, 0.5) is 5.82 Å². The predicted octanol–water partition coefficient (Wildman–Crippen LogP) is 2.52. The topological polar surface area (TPSA) is 116 Å². The largest absolute Gasteiger partial charge is 0.378 e. The maximum atomic E-state index is 5.55. The van der Waals surface area contributed by atoms with Gasteiger partial charge in [-0.15, -0.1) is 0 Å². The quantitative estimate of drug-likeness (QED) is 0.516. The Balaban J connectivity index is 1.68. The Morgan fingerprint density at radius 1 is 1.29 bits per heavy atom. The Bertz CT molecular complexity index is 1060. The smallest absolute Gasteiger partial charge is 0.254 e. The SMILES string of the molecule is COCc1cc(NC(c2nc(-c3cccnc3)no2)C(C)C)n2ncnc2n1. The van der Waals surface area contributed by atoms with E-state index in [1.54, 1.807) is 24.0 Å². The van der Waals surface area contributed by atoms with Crippen molar-refractivity contribution in [2.75, 3.05) is 12.4 Å². The maximum Gasteiger partial charge on any atom is 0.254 e. The standard InChI is InChI=1S/C18H20N8O2/c1-11(2)15(17-24-16(25-28-17)12-5-4-6-19-8-12)23-14-7-13(9-27-3)22-18-20-10-21-26(14)18/h4-8,10-11,15,23H,9H2,1-3H3. The lowest BCUT2D eigenvalue weighted by atomic mass is 10.0. The van der Waals surface area contributed by atoms with E-state index in [1.807, 2.05) is 18.2 Å². The van der Waals surface area contributed by atoms with E-state index < -0.39 is 0 Å². The summed E-state index contributed by atoms with van der Waals surface area (Å²) in [5.41, 5.74) is 1.54. The molecule has 4 rings (SSSR count). The third-order valence-electron chi connectivity index (χ3n) is 4.19. The van der Waals surface area contributed by atoms with Crippen LogP contribution >= 0.6 is 0 Å². The van der Waals surface area contributed by atoms with Gasteiger partial charge in [-0.1, -0.05) is 19.0 Å². The van der Waals surface area contributed by atoms with Crippen LogP contribution in [0.15, 0.2) is 41.4 Å². The first-order chi connectivity index (χ1) is 13.7. The Morgan fingerprint density at radius 2 is 2.18 bits per heavy atom. The number of anilines is 1. The van der Waals surface area contributed by atoms with Gasteiger partial charge in [0, 0.05) is 31.1 Å². The van der Waals surface area contributed by atoms with Gasteiger partial charge in [-0.05, 0) is 18.1 Å². The normalized spacial score (nSPS) is 12.6. The second-order valence-electron chi connectivity index (χ2n) is 6.60. The number of aromatic nitrogens is 7. The number of hydrogen-bond acceptors (Lipinski definition) is 9. The van der Waals surface area contributed by atoms with Crippen molar-refractivity contribution in [3.8, 4) is 11.4 Å². The molecule has 0 aliphatic carbocycles. The zero-order valence-corrected chi connectivity index (χ0v) is 15.8. The Labute approximate surface area is 161 Å². The van der Waals surface area contributed by atoms with Gasteiger partial charge >= 0.3 is 0 Å². The Kier molecular flexibility index (Phi) is 4.94. The first-order valence-electron chi connectivity index (χ1n) is 8.85. The summed E-state index contributed by atoms with van der Waals surface area (Å²) in [5, 5.41) is 11.8. The molecule has 0 spiro atoms. The lowest BCUT2D eigenvalue weighted by molar-refractivity contribution is 0.181. The van der Waals surface area contributed by atoms with Gasteiger partial charge in [0.15, 0.2) is 0 Å². The molecule has 1 atom stereocenters. The fraction of sp³-hybridized carbons (Fsp3) is 0.333. The molecule has 10 nitrogen and oxygen atoms in total. The third-order valence-corrected chi connectivity index (χ3v) is 4.19. The maximum absolute atomic E-state index is 5.55. The molecule has 0 amide bonds. The van der Waals surface area contributed by atoms with Crippen molar-refractivity contribution >= 4 is 11.6 Å². The van der Waals surface area contributed by atoms with Crippen molar-refractivity contribution in [1.82, 2.24) is 34.7 Å². The van der Waals surface area contributed by atoms with Crippen molar-refractivity contribution in [3.63, 3.8) is 0 Å². The summed E-state index contributed by atoms with van der Waals surface area (Å²) in [6.45, 7) is 4.51. The summed E-state index contributed by atoms with van der Waals surface area (Å²) in [5.74, 6) is 2.35. The number of methoxy groups -OCH3 is 1. The number of hydrogen-bond donors (Lipinski definition) is 1. The highest BCUT2D eigenvalue weighted by molar-refractivity contribution is 5.52. The highest BCUT2D eigenvalue weighted by atomic mass is 16.5. The first-order valence-corrected chi connectivity index (χ1v) is 8.85. The predicted molar refractivity (Wildman–Crippen MR) is 100 cm³/mol. The molecular weight excluding hydrogens is 360 g/mol. The molecule has 0 fully saturated rings. The molecule has 1 unspecified atom stereocenters. The van der Waals surface area contributed by atoms with Gasteiger partial charge in [-0.3, -0.25) is 4.98 Å². The van der Waals surface area contributed by atoms with E-state index in [0.29, 0.717) is 24.1 Å². The lowest BCUT2D eigenvalue weighted by Crippen LogP contribution is -2.19. The zero-order valence-electron chi connectivity index (χ0n) is 15.8. The van der Waals surface area contributed by atoms with E-state index in [2.05, 4.69) is 49.4 Å². The van der Waals surface area contributed by atoms with Crippen LogP contribution in [-0.2, 0) is 11.3 Å². The van der Waals surface area contributed by atoms with Crippen LogP contribution in [-0.4, -0.2) is 41.8 Å². The molecule has 1 N–H and O–H groups in total. The second kappa shape index (κ2) is 7.69. The summed E-state index contributed by atoms with van der Waals surface area (Å²) >= 11 is 0. The molecule has 10 heteroatoms. The van der Waals surface area contributed by atoms with Gasteiger partial charge in [0.25, 0.3) is 5.78 Å². The molecule has 0 radical (unpaired) electrons. The van der Waals surface area contributed by atoms with E-state index in [-0.39, 0.29) is 12.0 Å². The van der Waals surface area contributed by atoms with Crippen molar-refractivity contribution in [1.29, 1.82) is 0 Å². The average molecular weight is 380 g/mol. The van der Waals surface area contributed by atoms with Gasteiger partial charge in [-0.25, -0.2) is 4.98 Å². The number of nitrogens with zero attached hydrogens (tertiary/aromatic N) is 7. The Hall–Kier alpha value is -3.40. The third kappa shape index (κ3) is 3.54. The molecule has 0 saturated carbocycles. The van der Waals surface area contributed by atoms with Crippen LogP contribution in [0.2, 0.25) is 0 Å². The number of fused-ring (bicyclic) bond motifs is 1. The van der Waals surface area contributed by atoms with Crippen LogP contribution < -0.4 is 5.32 Å². The fourth-order valence-corrected chi connectivity index (χ4v) is 2.83. The molecule has 0 aromatic carbocycles. The zero-order chi connectivity index (χ0) is 19.5. The minimum Gasteiger partial charge on any atom is -0.378 e. The van der Waals surface area contributed by atoms with Gasteiger partial charge in [-0.2, -0.15) is 19.6 Å². The van der Waals surface area contributed by atoms with Gasteiger partial charge < -0.3 is 14.6 Å². The number of nitrogens with one attached hydrogen (secondary N) is 1. The molecular formula is C18H20N8O2. The molecule has 0 aliphatic rings. The lowest BCUT2D eigenvalue weighted by Gasteiger charge is -2.20. The molecule has 0 aliphatic heterocycles. The number of pyridine rings is 1. The summed E-state index contributed by atoms with van der Waals surface area (Å²) in [4.78, 5) is 17.3. The first kappa shape index (κ1) is 18.0. The van der Waals surface area contributed by atoms with E-state index in [4.69, 9.17) is 9.26 Å². The fourth-order valence-electron chi connectivity index (χ4n) is 2.83. The molecule has 4 aromatic heterocycles. The van der Waals surface area contributed by atoms with Crippen LogP contribution in [0.3, 0.4) is 0 Å². The van der Waals surface area contributed by atoms with Crippen molar-refractivity contribution in [2.24, 2.45) is 5.92 Å². The summed E-state index contributed by atoms with van der Waals surface area (Å²) in [6, 6.07) is 5.36. The summed E-state index contributed by atoms with van der Waals surface area (Å²) in [6.07, 6.45) is 4.86. The Morgan fingerprint density at radius 3 is 2.93 bits per heavy atom. The molecule has 0 saturated heterocycles. The van der Waals surface area contributed by atoms with Gasteiger partial charge in [0.1, 0.15) is 18.2 Å². The highest BCUT2D eigenvalue weighted by Gasteiger charge is 2.24. The minimum atomic E-state index is -0.233. The number of rotatable bonds is 7. The van der Waals surface area contributed by atoms with Crippen LogP contribution in [0, 0.1) is 5.92 Å². The van der Waals surface area contributed by atoms with Crippen molar-refractivity contribution in [3.05, 3.63) is 48.5 Å². The van der Waals surface area contributed by atoms with Gasteiger partial charge in [0.2, 0.25) is 11.7 Å². The van der Waals surface area contributed by atoms with E-state index in [9.17, 15) is 0 Å². The van der Waals surface area contributed by atoms with Crippen molar-refractivity contribution < 1.29 is 9.26 Å². The van der Waals surface area contributed by atoms with E-state index in [1.165, 1.54) is 6.33 Å². The molecule has 28 heavy (non-hydrogen) atoms. The van der Waals surface area contributed by atoms with Crippen LogP contribution in [0.1, 0.15) is 31.5 Å². The minimum absolute atomic E-state index is 0.166. The monoisotopic (exact) mass is 380 g/mol. The summed E-state index contributed by atoms with van der Waals surface area (Å²) < 4.78 is 12.4. The molecule has 4 aromatic rings.